The summed E-state index contributed by atoms with van der Waals surface area (Å²) in [6.07, 6.45) is 5.81. The lowest BCUT2D eigenvalue weighted by atomic mass is 9.74. The van der Waals surface area contributed by atoms with Crippen molar-refractivity contribution < 1.29 is 13.2 Å². The van der Waals surface area contributed by atoms with E-state index in [9.17, 15) is 13.2 Å². The molecule has 182 valence electrons. The van der Waals surface area contributed by atoms with Crippen molar-refractivity contribution in [3.8, 4) is 0 Å². The maximum absolute atomic E-state index is 13.4. The van der Waals surface area contributed by atoms with Crippen LogP contribution in [0.15, 0.2) is 24.3 Å². The molecule has 5 aliphatic heterocycles. The molecule has 5 aliphatic rings. The normalized spacial score (nSPS) is 29.2. The molecular formula is C25H38N4O3S. The fourth-order valence-electron chi connectivity index (χ4n) is 6.41. The van der Waals surface area contributed by atoms with Gasteiger partial charge in [0.2, 0.25) is 0 Å². The molecule has 6 rings (SSSR count). The van der Waals surface area contributed by atoms with Crippen molar-refractivity contribution in [3.05, 3.63) is 24.3 Å². The fourth-order valence-corrected chi connectivity index (χ4v) is 7.61. The minimum absolute atomic E-state index is 0.0219. The second-order valence-electron chi connectivity index (χ2n) is 11.0. The SMILES string of the molecule is CC1(C)C[C@@H]2CN(c3ccc(N4CCCCC4)cc3)[C@H]1CCN2C(=O)N1CCS(=O)(=O)CC1. The van der Waals surface area contributed by atoms with E-state index in [2.05, 4.69) is 47.9 Å². The average molecular weight is 475 g/mol. The lowest BCUT2D eigenvalue weighted by molar-refractivity contribution is 0.122. The maximum Gasteiger partial charge on any atom is 0.320 e. The largest absolute Gasteiger partial charge is 0.372 e. The third-order valence-electron chi connectivity index (χ3n) is 8.29. The highest BCUT2D eigenvalue weighted by Gasteiger charge is 2.48. The van der Waals surface area contributed by atoms with Crippen LogP contribution >= 0.6 is 0 Å². The number of benzene rings is 1. The van der Waals surface area contributed by atoms with Crippen LogP contribution < -0.4 is 9.80 Å². The molecular weight excluding hydrogens is 436 g/mol. The number of carbonyl (C=O) groups is 1. The van der Waals surface area contributed by atoms with E-state index in [1.54, 1.807) is 4.90 Å². The smallest absolute Gasteiger partial charge is 0.320 e. The van der Waals surface area contributed by atoms with E-state index in [0.29, 0.717) is 19.1 Å². The van der Waals surface area contributed by atoms with Gasteiger partial charge in [0.25, 0.3) is 0 Å². The number of nitrogens with zero attached hydrogens (tertiary/aromatic N) is 4. The number of hydrogen-bond acceptors (Lipinski definition) is 5. The molecule has 8 heteroatoms. The van der Waals surface area contributed by atoms with Crippen LogP contribution in [-0.2, 0) is 9.84 Å². The first-order chi connectivity index (χ1) is 15.7. The molecule has 0 aromatic heterocycles. The Balaban J connectivity index is 1.33. The zero-order chi connectivity index (χ0) is 23.2. The van der Waals surface area contributed by atoms with Gasteiger partial charge < -0.3 is 19.6 Å². The van der Waals surface area contributed by atoms with E-state index in [1.807, 2.05) is 4.90 Å². The first-order valence-electron chi connectivity index (χ1n) is 12.6. The summed E-state index contributed by atoms with van der Waals surface area (Å²) in [5, 5.41) is 0. The molecule has 33 heavy (non-hydrogen) atoms. The summed E-state index contributed by atoms with van der Waals surface area (Å²) in [4.78, 5) is 22.2. The van der Waals surface area contributed by atoms with Crippen molar-refractivity contribution in [1.82, 2.24) is 9.80 Å². The van der Waals surface area contributed by atoms with E-state index >= 15 is 0 Å². The summed E-state index contributed by atoms with van der Waals surface area (Å²) in [6.45, 7) is 9.18. The van der Waals surface area contributed by atoms with E-state index in [0.717, 1.165) is 39.0 Å². The summed E-state index contributed by atoms with van der Waals surface area (Å²) in [5.74, 6) is 0.168. The third-order valence-corrected chi connectivity index (χ3v) is 9.90. The molecule has 5 saturated heterocycles. The van der Waals surface area contributed by atoms with Crippen LogP contribution in [0.2, 0.25) is 0 Å². The van der Waals surface area contributed by atoms with Gasteiger partial charge in [-0.05, 0) is 61.8 Å². The Morgan fingerprint density at radius 1 is 0.909 bits per heavy atom. The van der Waals surface area contributed by atoms with Gasteiger partial charge in [-0.3, -0.25) is 0 Å². The van der Waals surface area contributed by atoms with Gasteiger partial charge in [-0.2, -0.15) is 0 Å². The third kappa shape index (κ3) is 4.55. The van der Waals surface area contributed by atoms with Gasteiger partial charge in [-0.1, -0.05) is 13.8 Å². The molecule has 0 saturated carbocycles. The lowest BCUT2D eigenvalue weighted by Gasteiger charge is -2.49. The predicted octanol–water partition coefficient (Wildman–Crippen LogP) is 3.21. The second kappa shape index (κ2) is 8.67. The van der Waals surface area contributed by atoms with E-state index < -0.39 is 9.84 Å². The molecule has 0 unspecified atom stereocenters. The van der Waals surface area contributed by atoms with Gasteiger partial charge in [0.15, 0.2) is 9.84 Å². The highest BCUT2D eigenvalue weighted by molar-refractivity contribution is 7.91. The standard InChI is InChI=1S/C25H38N4O3S/c1-25(2)18-22-19-29(21-8-6-20(7-9-21)26-11-4-3-5-12-26)23(25)10-13-28(22)24(30)27-14-16-33(31,32)17-15-27/h6-9,22-23H,3-5,10-19H2,1-2H3/t22-,23+/m1/s1. The molecule has 1 aromatic carbocycles. The summed E-state index contributed by atoms with van der Waals surface area (Å²) in [7, 11) is -3.00. The highest BCUT2D eigenvalue weighted by atomic mass is 32.2. The fraction of sp³-hybridized carbons (Fsp3) is 0.720. The zero-order valence-electron chi connectivity index (χ0n) is 20.1. The highest BCUT2D eigenvalue weighted by Crippen LogP contribution is 2.44. The molecule has 0 spiro atoms. The Labute approximate surface area is 198 Å². The van der Waals surface area contributed by atoms with Crippen molar-refractivity contribution in [3.63, 3.8) is 0 Å². The Hall–Kier alpha value is -1.96. The first-order valence-corrected chi connectivity index (χ1v) is 14.4. The molecule has 0 N–H and O–H groups in total. The molecule has 5 fully saturated rings. The molecule has 0 aliphatic carbocycles. The van der Waals surface area contributed by atoms with Crippen LogP contribution in [0.25, 0.3) is 0 Å². The summed E-state index contributed by atoms with van der Waals surface area (Å²) in [6, 6.07) is 9.62. The van der Waals surface area contributed by atoms with E-state index in [4.69, 9.17) is 0 Å². The minimum Gasteiger partial charge on any atom is -0.372 e. The predicted molar refractivity (Wildman–Crippen MR) is 133 cm³/mol. The summed E-state index contributed by atoms with van der Waals surface area (Å²) < 4.78 is 23.7. The van der Waals surface area contributed by atoms with Gasteiger partial charge in [-0.25, -0.2) is 13.2 Å². The van der Waals surface area contributed by atoms with Gasteiger partial charge in [-0.15, -0.1) is 0 Å². The maximum atomic E-state index is 13.4. The van der Waals surface area contributed by atoms with Crippen LogP contribution in [0, 0.1) is 5.41 Å². The number of piperidine rings is 2. The van der Waals surface area contributed by atoms with Crippen molar-refractivity contribution in [1.29, 1.82) is 0 Å². The van der Waals surface area contributed by atoms with Crippen molar-refractivity contribution in [2.24, 2.45) is 5.41 Å². The molecule has 2 amide bonds. The number of rotatable bonds is 2. The zero-order valence-corrected chi connectivity index (χ0v) is 20.9. The molecule has 7 nitrogen and oxygen atoms in total. The van der Waals surface area contributed by atoms with Gasteiger partial charge in [0.1, 0.15) is 0 Å². The van der Waals surface area contributed by atoms with Crippen LogP contribution in [-0.4, -0.2) is 87.1 Å². The van der Waals surface area contributed by atoms with Gasteiger partial charge >= 0.3 is 6.03 Å². The molecule has 2 atom stereocenters. The molecule has 1 aromatic rings. The summed E-state index contributed by atoms with van der Waals surface area (Å²) in [5.41, 5.74) is 2.67. The van der Waals surface area contributed by atoms with Gasteiger partial charge in [0, 0.05) is 56.7 Å². The van der Waals surface area contributed by atoms with Crippen LogP contribution in [0.4, 0.5) is 16.2 Å². The van der Waals surface area contributed by atoms with Crippen LogP contribution in [0.5, 0.6) is 0 Å². The van der Waals surface area contributed by atoms with E-state index in [-0.39, 0.29) is 29.0 Å². The lowest BCUT2D eigenvalue weighted by Crippen LogP contribution is -2.58. The number of sulfone groups is 1. The van der Waals surface area contributed by atoms with Crippen molar-refractivity contribution >= 4 is 27.2 Å². The number of carbonyl (C=O) groups excluding carboxylic acids is 1. The molecule has 5 heterocycles. The quantitative estimate of drug-likeness (QED) is 0.659. The number of amides is 2. The topological polar surface area (TPSA) is 64.2 Å². The number of anilines is 2. The number of hydrogen-bond donors (Lipinski definition) is 0. The molecule has 0 radical (unpaired) electrons. The minimum atomic E-state index is -3.00. The molecule has 2 bridgehead atoms. The van der Waals surface area contributed by atoms with Crippen molar-refractivity contribution in [2.45, 2.75) is 58.0 Å². The second-order valence-corrected chi connectivity index (χ2v) is 13.3. The Kier molecular flexibility index (Phi) is 6.00. The van der Waals surface area contributed by atoms with Gasteiger partial charge in [0.05, 0.1) is 17.5 Å². The first kappa shape index (κ1) is 22.8. The van der Waals surface area contributed by atoms with Crippen LogP contribution in [0.1, 0.15) is 46.0 Å². The average Bonchev–Trinajstić information content (AvgIpc) is 3.06. The Bertz CT molecular complexity index is 958. The monoisotopic (exact) mass is 474 g/mol. The number of urea groups is 1. The van der Waals surface area contributed by atoms with Crippen molar-refractivity contribution in [2.75, 3.05) is 60.6 Å². The summed E-state index contributed by atoms with van der Waals surface area (Å²) >= 11 is 0. The van der Waals surface area contributed by atoms with E-state index in [1.165, 1.54) is 30.6 Å². The Morgan fingerprint density at radius 2 is 1.55 bits per heavy atom. The van der Waals surface area contributed by atoms with Crippen LogP contribution in [0.3, 0.4) is 0 Å². The number of fused-ring (bicyclic) bond motifs is 4. The Morgan fingerprint density at radius 3 is 2.21 bits per heavy atom.